The molecule has 2 rings (SSSR count). The smallest absolute Gasteiger partial charge is 0.191 e. The summed E-state index contributed by atoms with van der Waals surface area (Å²) in [6.07, 6.45) is 1.63. The van der Waals surface area contributed by atoms with E-state index < -0.39 is 0 Å². The molecule has 25 heavy (non-hydrogen) atoms. The van der Waals surface area contributed by atoms with Gasteiger partial charge in [-0.15, -0.1) is 0 Å². The molecule has 0 aromatic heterocycles. The van der Waals surface area contributed by atoms with Crippen molar-refractivity contribution < 1.29 is 19.7 Å². The minimum Gasteiger partial charge on any atom is -0.508 e. The standard InChI is InChI=1S/C18H29N3O4/c1-3-19-17(21-12-18(6-8-22)7-9-25-13-18)20-11-14-10-15(24-2)4-5-16(14)23/h4-5,10,22-23H,3,6-9,11-13H2,1-2H3,(H2,19,20,21). The molecule has 0 radical (unpaired) electrons. The first-order valence-corrected chi connectivity index (χ1v) is 8.69. The number of benzene rings is 1. The van der Waals surface area contributed by atoms with Crippen molar-refractivity contribution in [1.82, 2.24) is 10.6 Å². The van der Waals surface area contributed by atoms with Crippen LogP contribution in [0.15, 0.2) is 23.2 Å². The van der Waals surface area contributed by atoms with Gasteiger partial charge in [0, 0.05) is 37.3 Å². The van der Waals surface area contributed by atoms with Crippen molar-refractivity contribution in [2.75, 3.05) is 40.0 Å². The van der Waals surface area contributed by atoms with Crippen molar-refractivity contribution in [3.05, 3.63) is 23.8 Å². The molecule has 1 aromatic rings. The van der Waals surface area contributed by atoms with Gasteiger partial charge in [0.25, 0.3) is 0 Å². The van der Waals surface area contributed by atoms with Crippen molar-refractivity contribution in [1.29, 1.82) is 0 Å². The normalized spacial score (nSPS) is 20.5. The summed E-state index contributed by atoms with van der Waals surface area (Å²) in [5.41, 5.74) is 0.647. The highest BCUT2D eigenvalue weighted by Gasteiger charge is 2.34. The van der Waals surface area contributed by atoms with Gasteiger partial charge in [0.05, 0.1) is 20.3 Å². The summed E-state index contributed by atoms with van der Waals surface area (Å²) >= 11 is 0. The van der Waals surface area contributed by atoms with Crippen LogP contribution in [0.3, 0.4) is 0 Å². The van der Waals surface area contributed by atoms with Crippen LogP contribution in [0.4, 0.5) is 0 Å². The zero-order chi connectivity index (χ0) is 18.1. The summed E-state index contributed by atoms with van der Waals surface area (Å²) in [7, 11) is 1.59. The van der Waals surface area contributed by atoms with E-state index in [-0.39, 0.29) is 17.8 Å². The molecule has 1 atom stereocenters. The lowest BCUT2D eigenvalue weighted by Crippen LogP contribution is -2.44. The number of hydrogen-bond acceptors (Lipinski definition) is 5. The number of aromatic hydroxyl groups is 1. The third-order valence-electron chi connectivity index (χ3n) is 4.50. The van der Waals surface area contributed by atoms with E-state index in [1.807, 2.05) is 6.92 Å². The maximum Gasteiger partial charge on any atom is 0.191 e. The molecule has 1 fully saturated rings. The molecule has 0 aliphatic carbocycles. The van der Waals surface area contributed by atoms with Crippen LogP contribution >= 0.6 is 0 Å². The first-order valence-electron chi connectivity index (χ1n) is 8.69. The topological polar surface area (TPSA) is 95.3 Å². The molecule has 1 unspecified atom stereocenters. The van der Waals surface area contributed by atoms with Gasteiger partial charge in [0.2, 0.25) is 0 Å². The molecular weight excluding hydrogens is 322 g/mol. The van der Waals surface area contributed by atoms with Crippen molar-refractivity contribution in [3.8, 4) is 11.5 Å². The molecule has 0 saturated carbocycles. The molecule has 1 saturated heterocycles. The van der Waals surface area contributed by atoms with E-state index in [0.29, 0.717) is 43.4 Å². The van der Waals surface area contributed by atoms with E-state index in [1.54, 1.807) is 25.3 Å². The molecule has 4 N–H and O–H groups in total. The fourth-order valence-electron chi connectivity index (χ4n) is 2.90. The second kappa shape index (κ2) is 9.48. The minimum atomic E-state index is -0.0525. The maximum atomic E-state index is 9.98. The Hall–Kier alpha value is -1.99. The average Bonchev–Trinajstić information content (AvgIpc) is 3.08. The number of phenolic OH excluding ortho intramolecular Hbond substituents is 1. The third-order valence-corrected chi connectivity index (χ3v) is 4.50. The van der Waals surface area contributed by atoms with Crippen LogP contribution in [-0.2, 0) is 11.3 Å². The maximum absolute atomic E-state index is 9.98. The van der Waals surface area contributed by atoms with Crippen LogP contribution in [0.1, 0.15) is 25.3 Å². The number of aliphatic hydroxyl groups is 1. The van der Waals surface area contributed by atoms with Gasteiger partial charge >= 0.3 is 0 Å². The highest BCUT2D eigenvalue weighted by atomic mass is 16.5. The number of hydrogen-bond donors (Lipinski definition) is 4. The minimum absolute atomic E-state index is 0.0525. The van der Waals surface area contributed by atoms with Gasteiger partial charge in [-0.1, -0.05) is 0 Å². The van der Waals surface area contributed by atoms with E-state index in [2.05, 4.69) is 15.6 Å². The van der Waals surface area contributed by atoms with Crippen LogP contribution < -0.4 is 15.4 Å². The van der Waals surface area contributed by atoms with Gasteiger partial charge in [-0.2, -0.15) is 0 Å². The molecule has 0 spiro atoms. The molecular formula is C18H29N3O4. The Labute approximate surface area is 149 Å². The Kier molecular flexibility index (Phi) is 7.33. The molecule has 7 nitrogen and oxygen atoms in total. The number of guanidine groups is 1. The third kappa shape index (κ3) is 5.51. The van der Waals surface area contributed by atoms with Crippen molar-refractivity contribution in [2.45, 2.75) is 26.3 Å². The number of methoxy groups -OCH3 is 1. The largest absolute Gasteiger partial charge is 0.508 e. The number of aliphatic imine (C=N–C) groups is 1. The lowest BCUT2D eigenvalue weighted by atomic mass is 9.84. The van der Waals surface area contributed by atoms with Crippen LogP contribution in [0.5, 0.6) is 11.5 Å². The van der Waals surface area contributed by atoms with Gasteiger partial charge in [0.15, 0.2) is 5.96 Å². The molecule has 0 bridgehead atoms. The highest BCUT2D eigenvalue weighted by Crippen LogP contribution is 2.31. The van der Waals surface area contributed by atoms with E-state index in [9.17, 15) is 10.2 Å². The van der Waals surface area contributed by atoms with Gasteiger partial charge in [-0.3, -0.25) is 0 Å². The van der Waals surface area contributed by atoms with E-state index >= 15 is 0 Å². The van der Waals surface area contributed by atoms with Crippen molar-refractivity contribution in [3.63, 3.8) is 0 Å². The number of rotatable bonds is 8. The first-order chi connectivity index (χ1) is 12.1. The van der Waals surface area contributed by atoms with Crippen LogP contribution in [0, 0.1) is 5.41 Å². The van der Waals surface area contributed by atoms with Crippen LogP contribution in [-0.4, -0.2) is 56.2 Å². The second-order valence-corrected chi connectivity index (χ2v) is 6.32. The summed E-state index contributed by atoms with van der Waals surface area (Å²) in [6.45, 7) is 5.28. The number of phenols is 1. The van der Waals surface area contributed by atoms with Crippen LogP contribution in [0.25, 0.3) is 0 Å². The molecule has 1 heterocycles. The molecule has 140 valence electrons. The predicted molar refractivity (Wildman–Crippen MR) is 97.0 cm³/mol. The monoisotopic (exact) mass is 351 g/mol. The van der Waals surface area contributed by atoms with Gasteiger partial charge in [-0.05, 0) is 38.0 Å². The molecule has 0 amide bonds. The van der Waals surface area contributed by atoms with Crippen molar-refractivity contribution in [2.24, 2.45) is 10.4 Å². The van der Waals surface area contributed by atoms with E-state index in [4.69, 9.17) is 9.47 Å². The van der Waals surface area contributed by atoms with Crippen LogP contribution in [0.2, 0.25) is 0 Å². The van der Waals surface area contributed by atoms with E-state index in [1.165, 1.54) is 0 Å². The average molecular weight is 351 g/mol. The van der Waals surface area contributed by atoms with Crippen molar-refractivity contribution >= 4 is 5.96 Å². The zero-order valence-corrected chi connectivity index (χ0v) is 15.0. The summed E-state index contributed by atoms with van der Waals surface area (Å²) in [6, 6.07) is 5.10. The van der Waals surface area contributed by atoms with E-state index in [0.717, 1.165) is 19.6 Å². The van der Waals surface area contributed by atoms with Gasteiger partial charge in [-0.25, -0.2) is 4.99 Å². The Morgan fingerprint density at radius 1 is 1.40 bits per heavy atom. The fraction of sp³-hybridized carbons (Fsp3) is 0.611. The summed E-state index contributed by atoms with van der Waals surface area (Å²) < 4.78 is 10.7. The number of ether oxygens (including phenoxy) is 2. The summed E-state index contributed by atoms with van der Waals surface area (Å²) in [5, 5.41) is 25.8. The van der Waals surface area contributed by atoms with Gasteiger partial charge < -0.3 is 30.3 Å². The molecule has 7 heteroatoms. The highest BCUT2D eigenvalue weighted by molar-refractivity contribution is 5.79. The Bertz CT molecular complexity index is 571. The first kappa shape index (κ1) is 19.3. The quantitative estimate of drug-likeness (QED) is 0.416. The lowest BCUT2D eigenvalue weighted by molar-refractivity contribution is 0.127. The SMILES string of the molecule is CCNC(=NCc1cc(OC)ccc1O)NCC1(CCO)CCOC1. The molecule has 1 aliphatic heterocycles. The number of nitrogens with one attached hydrogen (secondary N) is 2. The Morgan fingerprint density at radius 3 is 2.88 bits per heavy atom. The number of aliphatic hydroxyl groups excluding tert-OH is 1. The summed E-state index contributed by atoms with van der Waals surface area (Å²) in [4.78, 5) is 4.55. The lowest BCUT2D eigenvalue weighted by Gasteiger charge is -2.27. The second-order valence-electron chi connectivity index (χ2n) is 6.32. The Morgan fingerprint density at radius 2 is 2.24 bits per heavy atom. The molecule has 1 aliphatic rings. The zero-order valence-electron chi connectivity index (χ0n) is 15.0. The van der Waals surface area contributed by atoms with Gasteiger partial charge in [0.1, 0.15) is 11.5 Å². The number of nitrogens with zero attached hydrogens (tertiary/aromatic N) is 1. The fourth-order valence-corrected chi connectivity index (χ4v) is 2.90. The predicted octanol–water partition coefficient (Wildman–Crippen LogP) is 1.25. The Balaban J connectivity index is 2.03. The summed E-state index contributed by atoms with van der Waals surface area (Å²) in [5.74, 6) is 1.56. The molecule has 1 aromatic carbocycles.